The molecule has 0 aliphatic heterocycles. The first-order valence-corrected chi connectivity index (χ1v) is 8.77. The van der Waals surface area contributed by atoms with Crippen molar-refractivity contribution < 1.29 is 18.9 Å². The van der Waals surface area contributed by atoms with Gasteiger partial charge in [0.05, 0.1) is 31.7 Å². The predicted octanol–water partition coefficient (Wildman–Crippen LogP) is 2.87. The van der Waals surface area contributed by atoms with Crippen LogP contribution < -0.4 is 10.1 Å². The number of carbonyl (C=O) groups is 1. The summed E-state index contributed by atoms with van der Waals surface area (Å²) in [7, 11) is 1.44. The molecule has 140 valence electrons. The summed E-state index contributed by atoms with van der Waals surface area (Å²) >= 11 is 0. The van der Waals surface area contributed by atoms with E-state index in [1.54, 1.807) is 12.1 Å². The zero-order valence-electron chi connectivity index (χ0n) is 15.7. The molecular formula is C18H30N3O4+. The minimum absolute atomic E-state index is 0.00844. The second-order valence-corrected chi connectivity index (χ2v) is 6.45. The van der Waals surface area contributed by atoms with Gasteiger partial charge in [-0.25, -0.2) is 0 Å². The number of benzene rings is 1. The Kier molecular flexibility index (Phi) is 8.34. The number of nitrogens with zero attached hydrogens (tertiary/aromatic N) is 2. The van der Waals surface area contributed by atoms with Crippen molar-refractivity contribution in [1.82, 2.24) is 5.32 Å². The average molecular weight is 352 g/mol. The van der Waals surface area contributed by atoms with Gasteiger partial charge in [0.1, 0.15) is 6.54 Å². The highest BCUT2D eigenvalue weighted by atomic mass is 16.6. The lowest BCUT2D eigenvalue weighted by atomic mass is 10.1. The normalized spacial score (nSPS) is 12.5. The molecule has 0 aliphatic carbocycles. The first kappa shape index (κ1) is 20.9. The zero-order chi connectivity index (χ0) is 18.9. The Balaban J connectivity index is 2.87. The number of methoxy groups -OCH3 is 1. The van der Waals surface area contributed by atoms with Gasteiger partial charge in [-0.15, -0.1) is 0 Å². The maximum atomic E-state index is 11.2. The zero-order valence-corrected chi connectivity index (χ0v) is 15.7. The number of hydrogen-bond acceptors (Lipinski definition) is 4. The lowest BCUT2D eigenvalue weighted by Gasteiger charge is -2.37. The van der Waals surface area contributed by atoms with Crippen LogP contribution in [0.15, 0.2) is 18.2 Å². The van der Waals surface area contributed by atoms with E-state index >= 15 is 0 Å². The third kappa shape index (κ3) is 6.01. The standard InChI is InChI=1S/C18H29N3O4/c1-5-21(6-2,11-7-8-15(3)19-14-22)13-16-9-10-18(25-4)17(12-16)20(23)24/h9-10,12,14-15H,5-8,11,13H2,1-4H3/p+1. The third-order valence-corrected chi connectivity index (χ3v) is 4.92. The van der Waals surface area contributed by atoms with Gasteiger partial charge in [0, 0.05) is 17.7 Å². The molecule has 0 spiro atoms. The molecule has 0 aliphatic rings. The lowest BCUT2D eigenvalue weighted by Crippen LogP contribution is -2.47. The third-order valence-electron chi connectivity index (χ3n) is 4.92. The molecule has 1 N–H and O–H groups in total. The first-order valence-electron chi connectivity index (χ1n) is 8.77. The van der Waals surface area contributed by atoms with Crippen LogP contribution in [0.25, 0.3) is 0 Å². The van der Waals surface area contributed by atoms with Crippen LogP contribution in [-0.4, -0.2) is 48.6 Å². The van der Waals surface area contributed by atoms with Crippen molar-refractivity contribution in [3.63, 3.8) is 0 Å². The number of hydrogen-bond donors (Lipinski definition) is 1. The number of amides is 1. The Morgan fingerprint density at radius 3 is 2.56 bits per heavy atom. The highest BCUT2D eigenvalue weighted by Gasteiger charge is 2.25. The van der Waals surface area contributed by atoms with Gasteiger partial charge in [0.2, 0.25) is 6.41 Å². The molecule has 7 nitrogen and oxygen atoms in total. The minimum atomic E-state index is -0.401. The van der Waals surface area contributed by atoms with Crippen LogP contribution >= 0.6 is 0 Å². The number of quaternary nitrogens is 1. The average Bonchev–Trinajstić information content (AvgIpc) is 2.60. The summed E-state index contributed by atoms with van der Waals surface area (Å²) in [5.41, 5.74) is 0.948. The fraction of sp³-hybridized carbons (Fsp3) is 0.611. The summed E-state index contributed by atoms with van der Waals surface area (Å²) < 4.78 is 5.93. The molecule has 7 heteroatoms. The van der Waals surface area contributed by atoms with Gasteiger partial charge in [-0.1, -0.05) is 0 Å². The van der Waals surface area contributed by atoms with Gasteiger partial charge in [-0.05, 0) is 45.7 Å². The van der Waals surface area contributed by atoms with E-state index in [1.807, 2.05) is 13.0 Å². The topological polar surface area (TPSA) is 81.5 Å². The number of ether oxygens (including phenoxy) is 1. The SMILES string of the molecule is CC[N+](CC)(CCCC(C)NC=O)Cc1ccc(OC)c([N+](=O)[O-])c1. The van der Waals surface area contributed by atoms with Crippen molar-refractivity contribution in [2.75, 3.05) is 26.7 Å². The van der Waals surface area contributed by atoms with E-state index in [9.17, 15) is 14.9 Å². The molecule has 1 atom stereocenters. The maximum Gasteiger partial charge on any atom is 0.311 e. The fourth-order valence-electron chi connectivity index (χ4n) is 3.14. The van der Waals surface area contributed by atoms with E-state index in [1.165, 1.54) is 7.11 Å². The second-order valence-electron chi connectivity index (χ2n) is 6.45. The van der Waals surface area contributed by atoms with Crippen LogP contribution in [-0.2, 0) is 11.3 Å². The summed E-state index contributed by atoms with van der Waals surface area (Å²) in [6.07, 6.45) is 2.65. The number of rotatable bonds is 12. The Labute approximate surface area is 149 Å². The van der Waals surface area contributed by atoms with Crippen molar-refractivity contribution in [2.45, 2.75) is 46.2 Å². The lowest BCUT2D eigenvalue weighted by molar-refractivity contribution is -0.938. The molecule has 1 rings (SSSR count). The Morgan fingerprint density at radius 1 is 1.36 bits per heavy atom. The molecule has 0 fully saturated rings. The highest BCUT2D eigenvalue weighted by Crippen LogP contribution is 2.29. The van der Waals surface area contributed by atoms with E-state index in [-0.39, 0.29) is 17.5 Å². The monoisotopic (exact) mass is 352 g/mol. The van der Waals surface area contributed by atoms with Gasteiger partial charge >= 0.3 is 5.69 Å². The predicted molar refractivity (Wildman–Crippen MR) is 97.5 cm³/mol. The molecule has 1 aromatic carbocycles. The molecule has 0 aromatic heterocycles. The van der Waals surface area contributed by atoms with Crippen LogP contribution in [0.5, 0.6) is 5.75 Å². The molecule has 1 aromatic rings. The van der Waals surface area contributed by atoms with Crippen molar-refractivity contribution in [3.05, 3.63) is 33.9 Å². The van der Waals surface area contributed by atoms with Gasteiger partial charge < -0.3 is 14.5 Å². The number of nitro groups is 1. The molecule has 0 saturated carbocycles. The van der Waals surface area contributed by atoms with Gasteiger partial charge in [0.15, 0.2) is 5.75 Å². The maximum absolute atomic E-state index is 11.2. The van der Waals surface area contributed by atoms with Crippen LogP contribution in [0.4, 0.5) is 5.69 Å². The summed E-state index contributed by atoms with van der Waals surface area (Å²) in [5, 5.41) is 14.0. The molecule has 0 heterocycles. The Bertz CT molecular complexity index is 573. The van der Waals surface area contributed by atoms with Crippen LogP contribution in [0, 0.1) is 10.1 Å². The molecular weight excluding hydrogens is 322 g/mol. The van der Waals surface area contributed by atoms with Gasteiger partial charge in [0.25, 0.3) is 0 Å². The van der Waals surface area contributed by atoms with E-state index in [4.69, 9.17) is 4.74 Å². The van der Waals surface area contributed by atoms with E-state index in [0.29, 0.717) is 0 Å². The van der Waals surface area contributed by atoms with Crippen molar-refractivity contribution in [3.8, 4) is 5.75 Å². The van der Waals surface area contributed by atoms with Gasteiger partial charge in [-0.2, -0.15) is 0 Å². The van der Waals surface area contributed by atoms with Crippen LogP contribution in [0.2, 0.25) is 0 Å². The van der Waals surface area contributed by atoms with Crippen molar-refractivity contribution >= 4 is 12.1 Å². The highest BCUT2D eigenvalue weighted by molar-refractivity contribution is 5.48. The van der Waals surface area contributed by atoms with Gasteiger partial charge in [-0.3, -0.25) is 14.9 Å². The van der Waals surface area contributed by atoms with E-state index in [0.717, 1.165) is 55.5 Å². The summed E-state index contributed by atoms with van der Waals surface area (Å²) in [5.74, 6) is 0.286. The molecule has 25 heavy (non-hydrogen) atoms. The number of nitrogens with one attached hydrogen (secondary N) is 1. The molecule has 1 amide bonds. The number of nitro benzene ring substituents is 1. The first-order chi connectivity index (χ1) is 11.9. The summed E-state index contributed by atoms with van der Waals surface area (Å²) in [6, 6.07) is 5.35. The molecule has 0 radical (unpaired) electrons. The summed E-state index contributed by atoms with van der Waals surface area (Å²) in [6.45, 7) is 9.90. The molecule has 0 bridgehead atoms. The summed E-state index contributed by atoms with van der Waals surface area (Å²) in [4.78, 5) is 21.3. The van der Waals surface area contributed by atoms with Crippen LogP contribution in [0.1, 0.15) is 39.2 Å². The molecule has 0 saturated heterocycles. The quantitative estimate of drug-likeness (QED) is 0.271. The van der Waals surface area contributed by atoms with Crippen molar-refractivity contribution in [1.29, 1.82) is 0 Å². The smallest absolute Gasteiger partial charge is 0.311 e. The largest absolute Gasteiger partial charge is 0.490 e. The van der Waals surface area contributed by atoms with E-state index in [2.05, 4.69) is 19.2 Å². The fourth-order valence-corrected chi connectivity index (χ4v) is 3.14. The number of carbonyl (C=O) groups excluding carboxylic acids is 1. The van der Waals surface area contributed by atoms with Crippen molar-refractivity contribution in [2.24, 2.45) is 0 Å². The second kappa shape index (κ2) is 9.98. The molecule has 1 unspecified atom stereocenters. The van der Waals surface area contributed by atoms with E-state index < -0.39 is 4.92 Å². The van der Waals surface area contributed by atoms with Crippen LogP contribution in [0.3, 0.4) is 0 Å². The Hall–Kier alpha value is -2.15. The minimum Gasteiger partial charge on any atom is -0.490 e. The Morgan fingerprint density at radius 2 is 2.04 bits per heavy atom.